The van der Waals surface area contributed by atoms with E-state index in [1.807, 2.05) is 0 Å². The Morgan fingerprint density at radius 1 is 0.545 bits per heavy atom. The van der Waals surface area contributed by atoms with Gasteiger partial charge in [-0.15, -0.1) is 0 Å². The second-order valence-corrected chi connectivity index (χ2v) is 10.5. The fraction of sp³-hybridized carbons (Fsp3) is 1.00. The quantitative estimate of drug-likeness (QED) is 0.532. The number of hydrogen-bond donors (Lipinski definition) is 0. The summed E-state index contributed by atoms with van der Waals surface area (Å²) >= 11 is -1.92. The molecule has 0 aromatic rings. The summed E-state index contributed by atoms with van der Waals surface area (Å²) in [7, 11) is 14.9. The standard InChI is InChI=1S/6CH4.3ClH.Ir.H2O/h6*1H4;3*1H;;1H2/q;;;;;;;;;+3;/p-3. The van der Waals surface area contributed by atoms with Crippen LogP contribution in [0, 0.1) is 0 Å². The van der Waals surface area contributed by atoms with Crippen LogP contribution in [0.15, 0.2) is 0 Å². The predicted octanol–water partition coefficient (Wildman–Crippen LogP) is 5.06. The molecule has 0 spiro atoms. The molecule has 0 aliphatic carbocycles. The van der Waals surface area contributed by atoms with Crippen LogP contribution < -0.4 is 0 Å². The molecule has 0 fully saturated rings. The van der Waals surface area contributed by atoms with E-state index in [-0.39, 0.29) is 50.0 Å². The van der Waals surface area contributed by atoms with E-state index in [1.54, 1.807) is 0 Å². The van der Waals surface area contributed by atoms with Crippen LogP contribution in [-0.2, 0) is 13.5 Å². The molecule has 0 unspecified atom stereocenters. The van der Waals surface area contributed by atoms with Crippen molar-refractivity contribution in [2.75, 3.05) is 0 Å². The van der Waals surface area contributed by atoms with Crippen molar-refractivity contribution in [3.63, 3.8) is 0 Å². The summed E-state index contributed by atoms with van der Waals surface area (Å²) in [4.78, 5) is 0. The van der Waals surface area contributed by atoms with E-state index in [2.05, 4.69) is 0 Å². The van der Waals surface area contributed by atoms with Crippen molar-refractivity contribution in [1.29, 1.82) is 0 Å². The molecule has 0 aromatic carbocycles. The van der Waals surface area contributed by atoms with Crippen LogP contribution in [0.1, 0.15) is 44.6 Å². The summed E-state index contributed by atoms with van der Waals surface area (Å²) in [5.41, 5.74) is 0. The fourth-order valence-electron chi connectivity index (χ4n) is 0. The second-order valence-electron chi connectivity index (χ2n) is 0.143. The van der Waals surface area contributed by atoms with Crippen molar-refractivity contribution in [1.82, 2.24) is 0 Å². The van der Waals surface area contributed by atoms with Gasteiger partial charge in [0.15, 0.2) is 0 Å². The first kappa shape index (κ1) is 82.0. The Morgan fingerprint density at radius 2 is 0.545 bits per heavy atom. The monoisotopic (exact) mass is 412 g/mol. The SMILES string of the molecule is C.C.C.C.C.C.O.[Cl][Ir]([Cl])[Cl]. The first-order chi connectivity index (χ1) is 1.73. The molecule has 0 atom stereocenters. The third kappa shape index (κ3) is 471. The van der Waals surface area contributed by atoms with Crippen LogP contribution in [0.5, 0.6) is 0 Å². The van der Waals surface area contributed by atoms with Crippen LogP contribution >= 0.6 is 28.8 Å². The van der Waals surface area contributed by atoms with Gasteiger partial charge in [0, 0.05) is 0 Å². The zero-order valence-corrected chi connectivity index (χ0v) is 6.63. The van der Waals surface area contributed by atoms with Gasteiger partial charge in [0.2, 0.25) is 0 Å². The maximum atomic E-state index is 4.97. The van der Waals surface area contributed by atoms with Gasteiger partial charge in [-0.25, -0.2) is 0 Å². The molecule has 0 saturated heterocycles. The van der Waals surface area contributed by atoms with E-state index in [1.165, 1.54) is 0 Å². The Balaban J connectivity index is -0.00000000214. The van der Waals surface area contributed by atoms with E-state index in [4.69, 9.17) is 28.8 Å². The van der Waals surface area contributed by atoms with Crippen LogP contribution in [0.2, 0.25) is 0 Å². The molecule has 0 rings (SSSR count). The van der Waals surface area contributed by atoms with Crippen molar-refractivity contribution in [2.45, 2.75) is 44.6 Å². The Labute approximate surface area is 91.9 Å². The zero-order chi connectivity index (χ0) is 3.58. The van der Waals surface area contributed by atoms with Gasteiger partial charge in [0.25, 0.3) is 0 Å². The third-order valence-corrected chi connectivity index (χ3v) is 0. The Kier molecular flexibility index (Phi) is 468. The molecule has 2 N–H and O–H groups in total. The third-order valence-electron chi connectivity index (χ3n) is 0. The van der Waals surface area contributed by atoms with Gasteiger partial charge in [-0.2, -0.15) is 0 Å². The topological polar surface area (TPSA) is 31.5 Å². The molecule has 0 heterocycles. The number of halogens is 3. The predicted molar refractivity (Wildman–Crippen MR) is 61.6 cm³/mol. The van der Waals surface area contributed by atoms with Gasteiger partial charge in [0.05, 0.1) is 0 Å². The minimum atomic E-state index is -1.92. The minimum absolute atomic E-state index is 0. The molecule has 86 valence electrons. The van der Waals surface area contributed by atoms with Crippen LogP contribution in [0.4, 0.5) is 0 Å². The molecular formula is C6H26Cl3IrO. The Morgan fingerprint density at radius 3 is 0.545 bits per heavy atom. The average Bonchev–Trinajstić information content (AvgIpc) is 0.811. The number of rotatable bonds is 0. The summed E-state index contributed by atoms with van der Waals surface area (Å²) < 4.78 is 0. The average molecular weight is 413 g/mol. The molecule has 5 heteroatoms. The van der Waals surface area contributed by atoms with Crippen molar-refractivity contribution in [2.24, 2.45) is 0 Å². The van der Waals surface area contributed by atoms with E-state index >= 15 is 0 Å². The molecule has 0 amide bonds. The van der Waals surface area contributed by atoms with Crippen LogP contribution in [0.25, 0.3) is 0 Å². The summed E-state index contributed by atoms with van der Waals surface area (Å²) in [6.45, 7) is 0. The van der Waals surface area contributed by atoms with Crippen LogP contribution in [-0.4, -0.2) is 5.48 Å². The van der Waals surface area contributed by atoms with Gasteiger partial charge in [-0.1, -0.05) is 44.6 Å². The first-order valence-electron chi connectivity index (χ1n) is 0.378. The molecule has 0 aliphatic rings. The van der Waals surface area contributed by atoms with Gasteiger partial charge in [-0.3, -0.25) is 0 Å². The molecule has 1 nitrogen and oxygen atoms in total. The van der Waals surface area contributed by atoms with Crippen molar-refractivity contribution >= 4 is 28.8 Å². The molecule has 0 saturated carbocycles. The van der Waals surface area contributed by atoms with Crippen LogP contribution in [0.3, 0.4) is 0 Å². The summed E-state index contributed by atoms with van der Waals surface area (Å²) in [5.74, 6) is 0. The summed E-state index contributed by atoms with van der Waals surface area (Å²) in [6, 6.07) is 0. The van der Waals surface area contributed by atoms with Crippen molar-refractivity contribution in [3.05, 3.63) is 0 Å². The summed E-state index contributed by atoms with van der Waals surface area (Å²) in [6.07, 6.45) is 0. The Bertz CT molecular complexity index is 22.5. The van der Waals surface area contributed by atoms with E-state index in [0.717, 1.165) is 0 Å². The maximum absolute atomic E-state index is 4.97. The molecule has 0 aromatic heterocycles. The van der Waals surface area contributed by atoms with Gasteiger partial charge >= 0.3 is 42.2 Å². The molecule has 11 heavy (non-hydrogen) atoms. The fourth-order valence-corrected chi connectivity index (χ4v) is 0. The molecular weight excluding hydrogens is 387 g/mol. The first-order valence-corrected chi connectivity index (χ1v) is 9.28. The number of hydrogen-bond acceptors (Lipinski definition) is 0. The second kappa shape index (κ2) is 62.8. The van der Waals surface area contributed by atoms with E-state index in [9.17, 15) is 0 Å². The van der Waals surface area contributed by atoms with Gasteiger partial charge < -0.3 is 5.48 Å². The van der Waals surface area contributed by atoms with E-state index in [0.29, 0.717) is 0 Å². The van der Waals surface area contributed by atoms with Crippen molar-refractivity contribution < 1.29 is 18.9 Å². The molecule has 0 bridgehead atoms. The van der Waals surface area contributed by atoms with Gasteiger partial charge in [0.1, 0.15) is 0 Å². The van der Waals surface area contributed by atoms with Gasteiger partial charge in [-0.05, 0) is 0 Å². The van der Waals surface area contributed by atoms with Crippen molar-refractivity contribution in [3.8, 4) is 0 Å². The zero-order valence-electron chi connectivity index (χ0n) is 1.97. The molecule has 0 radical (unpaired) electrons. The normalized spacial score (nSPS) is 4.09. The molecule has 0 aliphatic heterocycles. The summed E-state index contributed by atoms with van der Waals surface area (Å²) in [5, 5.41) is 0. The Hall–Kier alpha value is 1.48. The van der Waals surface area contributed by atoms with E-state index < -0.39 is 13.5 Å².